The molecule has 0 aliphatic rings. The van der Waals surface area contributed by atoms with Crippen LogP contribution >= 0.6 is 11.8 Å². The van der Waals surface area contributed by atoms with Gasteiger partial charge in [0.05, 0.1) is 11.4 Å². The van der Waals surface area contributed by atoms with E-state index in [1.165, 1.54) is 11.8 Å². The summed E-state index contributed by atoms with van der Waals surface area (Å²) in [7, 11) is 0. The Morgan fingerprint density at radius 2 is 2.58 bits per heavy atom. The van der Waals surface area contributed by atoms with Crippen molar-refractivity contribution < 1.29 is 9.90 Å². The van der Waals surface area contributed by atoms with E-state index in [4.69, 9.17) is 5.11 Å². The summed E-state index contributed by atoms with van der Waals surface area (Å²) < 4.78 is 0. The number of H-pyrrole nitrogens is 1. The normalized spacial score (nSPS) is 10.0. The van der Waals surface area contributed by atoms with E-state index in [1.54, 1.807) is 6.20 Å². The summed E-state index contributed by atoms with van der Waals surface area (Å²) in [4.78, 5) is 10.1. The molecule has 0 aliphatic carbocycles. The minimum absolute atomic E-state index is 0.151. The average molecular weight is 187 g/mol. The fourth-order valence-corrected chi connectivity index (χ4v) is 1.36. The molecule has 0 unspecified atom stereocenters. The molecular formula is C6H9N3O2S. The molecule has 66 valence electrons. The lowest BCUT2D eigenvalue weighted by atomic mass is 10.4. The summed E-state index contributed by atoms with van der Waals surface area (Å²) in [6.45, 7) is 0. The predicted molar refractivity (Wildman–Crippen MR) is 45.0 cm³/mol. The zero-order valence-corrected chi connectivity index (χ0v) is 7.17. The Balaban J connectivity index is 2.07. The molecule has 0 bridgehead atoms. The molecule has 0 spiro atoms. The highest BCUT2D eigenvalue weighted by atomic mass is 32.2. The molecule has 0 amide bonds. The molecule has 1 heterocycles. The number of aryl methyl sites for hydroxylation is 1. The molecule has 12 heavy (non-hydrogen) atoms. The van der Waals surface area contributed by atoms with Gasteiger partial charge in [-0.2, -0.15) is 0 Å². The Hall–Kier alpha value is -1.04. The van der Waals surface area contributed by atoms with Crippen LogP contribution in [0.15, 0.2) is 6.20 Å². The highest BCUT2D eigenvalue weighted by molar-refractivity contribution is 7.99. The van der Waals surface area contributed by atoms with Crippen LogP contribution in [0.3, 0.4) is 0 Å². The fourth-order valence-electron chi connectivity index (χ4n) is 0.684. The second-order valence-corrected chi connectivity index (χ2v) is 3.27. The van der Waals surface area contributed by atoms with Gasteiger partial charge in [0.2, 0.25) is 0 Å². The largest absolute Gasteiger partial charge is 0.481 e. The van der Waals surface area contributed by atoms with E-state index in [-0.39, 0.29) is 5.75 Å². The number of carbonyl (C=O) groups is 1. The summed E-state index contributed by atoms with van der Waals surface area (Å²) in [6.07, 6.45) is 2.47. The maximum atomic E-state index is 10.1. The van der Waals surface area contributed by atoms with Crippen molar-refractivity contribution in [2.45, 2.75) is 6.42 Å². The second-order valence-electron chi connectivity index (χ2n) is 2.16. The third-order valence-corrected chi connectivity index (χ3v) is 2.14. The van der Waals surface area contributed by atoms with E-state index in [1.807, 2.05) is 0 Å². The van der Waals surface area contributed by atoms with Gasteiger partial charge in [0.15, 0.2) is 0 Å². The number of nitrogens with zero attached hydrogens (tertiary/aromatic N) is 2. The SMILES string of the molecule is O=C(O)CSCCc1c[nH]nn1. The van der Waals surface area contributed by atoms with E-state index in [9.17, 15) is 4.79 Å². The highest BCUT2D eigenvalue weighted by Crippen LogP contribution is 2.02. The lowest BCUT2D eigenvalue weighted by molar-refractivity contribution is -0.133. The summed E-state index contributed by atoms with van der Waals surface area (Å²) in [6, 6.07) is 0. The molecule has 1 aromatic heterocycles. The van der Waals surface area contributed by atoms with Gasteiger partial charge in [-0.25, -0.2) is 0 Å². The molecule has 1 rings (SSSR count). The van der Waals surface area contributed by atoms with Crippen LogP contribution in [0.1, 0.15) is 5.69 Å². The van der Waals surface area contributed by atoms with E-state index >= 15 is 0 Å². The summed E-state index contributed by atoms with van der Waals surface area (Å²) in [5, 5.41) is 18.2. The van der Waals surface area contributed by atoms with Crippen LogP contribution in [0.4, 0.5) is 0 Å². The summed E-state index contributed by atoms with van der Waals surface area (Å²) >= 11 is 1.38. The number of thioether (sulfide) groups is 1. The van der Waals surface area contributed by atoms with Crippen molar-refractivity contribution in [2.24, 2.45) is 0 Å². The molecule has 0 aliphatic heterocycles. The van der Waals surface area contributed by atoms with Crippen LogP contribution < -0.4 is 0 Å². The van der Waals surface area contributed by atoms with Crippen molar-refractivity contribution in [3.63, 3.8) is 0 Å². The van der Waals surface area contributed by atoms with Gasteiger partial charge in [0, 0.05) is 12.6 Å². The first-order valence-corrected chi connectivity index (χ1v) is 4.59. The van der Waals surface area contributed by atoms with Crippen LogP contribution in [0.2, 0.25) is 0 Å². The van der Waals surface area contributed by atoms with Gasteiger partial charge in [-0.15, -0.1) is 16.9 Å². The molecule has 0 atom stereocenters. The average Bonchev–Trinajstić information content (AvgIpc) is 2.49. The number of carboxylic acid groups (broad SMARTS) is 1. The molecular weight excluding hydrogens is 178 g/mol. The first-order valence-electron chi connectivity index (χ1n) is 3.44. The maximum Gasteiger partial charge on any atom is 0.313 e. The van der Waals surface area contributed by atoms with Crippen LogP contribution in [-0.4, -0.2) is 38.0 Å². The third-order valence-electron chi connectivity index (χ3n) is 1.20. The third kappa shape index (κ3) is 3.38. The van der Waals surface area contributed by atoms with Crippen molar-refractivity contribution >= 4 is 17.7 Å². The molecule has 0 saturated heterocycles. The van der Waals surface area contributed by atoms with Gasteiger partial charge in [0.25, 0.3) is 0 Å². The number of aromatic nitrogens is 3. The molecule has 0 fully saturated rings. The van der Waals surface area contributed by atoms with Crippen LogP contribution in [0, 0.1) is 0 Å². The van der Waals surface area contributed by atoms with Crippen molar-refractivity contribution in [1.82, 2.24) is 15.4 Å². The Morgan fingerprint density at radius 1 is 1.75 bits per heavy atom. The van der Waals surface area contributed by atoms with Gasteiger partial charge >= 0.3 is 5.97 Å². The molecule has 2 N–H and O–H groups in total. The van der Waals surface area contributed by atoms with Gasteiger partial charge in [-0.3, -0.25) is 9.89 Å². The van der Waals surface area contributed by atoms with Crippen molar-refractivity contribution in [2.75, 3.05) is 11.5 Å². The monoisotopic (exact) mass is 187 g/mol. The Bertz CT molecular complexity index is 237. The first-order chi connectivity index (χ1) is 5.79. The Kier molecular flexibility index (Phi) is 3.59. The fraction of sp³-hybridized carbons (Fsp3) is 0.500. The van der Waals surface area contributed by atoms with Gasteiger partial charge in [-0.05, 0) is 5.75 Å². The summed E-state index contributed by atoms with van der Waals surface area (Å²) in [5.74, 6) is 0.136. The quantitative estimate of drug-likeness (QED) is 0.642. The molecule has 6 heteroatoms. The Morgan fingerprint density at radius 3 is 3.17 bits per heavy atom. The lowest BCUT2D eigenvalue weighted by Gasteiger charge is -1.93. The van der Waals surface area contributed by atoms with Crippen LogP contribution in [0.25, 0.3) is 0 Å². The number of carboxylic acids is 1. The highest BCUT2D eigenvalue weighted by Gasteiger charge is 1.98. The van der Waals surface area contributed by atoms with Crippen molar-refractivity contribution in [3.05, 3.63) is 11.9 Å². The molecule has 0 radical (unpaired) electrons. The minimum atomic E-state index is -0.778. The van der Waals surface area contributed by atoms with E-state index < -0.39 is 5.97 Å². The molecule has 0 saturated carbocycles. The maximum absolute atomic E-state index is 10.1. The van der Waals surface area contributed by atoms with Gasteiger partial charge < -0.3 is 5.11 Å². The van der Waals surface area contributed by atoms with E-state index in [2.05, 4.69) is 15.4 Å². The zero-order valence-electron chi connectivity index (χ0n) is 6.36. The molecule has 0 aromatic carbocycles. The smallest absolute Gasteiger partial charge is 0.313 e. The molecule has 5 nitrogen and oxygen atoms in total. The minimum Gasteiger partial charge on any atom is -0.481 e. The standard InChI is InChI=1S/C6H9N3O2S/c10-6(11)4-12-2-1-5-3-7-9-8-5/h3H,1-2,4H2,(H,10,11)(H,7,8,9). The van der Waals surface area contributed by atoms with Crippen molar-refractivity contribution in [3.8, 4) is 0 Å². The number of rotatable bonds is 5. The summed E-state index contributed by atoms with van der Waals surface area (Å²) in [5.41, 5.74) is 0.868. The number of hydrogen-bond donors (Lipinski definition) is 2. The lowest BCUT2D eigenvalue weighted by Crippen LogP contribution is -2.00. The number of nitrogens with one attached hydrogen (secondary N) is 1. The van der Waals surface area contributed by atoms with Crippen LogP contribution in [-0.2, 0) is 11.2 Å². The van der Waals surface area contributed by atoms with E-state index in [0.717, 1.165) is 17.9 Å². The van der Waals surface area contributed by atoms with Crippen LogP contribution in [0.5, 0.6) is 0 Å². The first kappa shape index (κ1) is 9.05. The number of aromatic amines is 1. The van der Waals surface area contributed by atoms with E-state index in [0.29, 0.717) is 0 Å². The van der Waals surface area contributed by atoms with Gasteiger partial charge in [0.1, 0.15) is 0 Å². The Labute approximate surface area is 73.6 Å². The number of hydrogen-bond acceptors (Lipinski definition) is 4. The van der Waals surface area contributed by atoms with Crippen molar-refractivity contribution in [1.29, 1.82) is 0 Å². The number of aliphatic carboxylic acids is 1. The zero-order chi connectivity index (χ0) is 8.81. The van der Waals surface area contributed by atoms with Gasteiger partial charge in [-0.1, -0.05) is 5.21 Å². The predicted octanol–water partition coefficient (Wildman–Crippen LogP) is 0.165. The topological polar surface area (TPSA) is 78.9 Å². The second kappa shape index (κ2) is 4.76. The molecule has 1 aromatic rings.